The van der Waals surface area contributed by atoms with Gasteiger partial charge in [-0.25, -0.2) is 4.39 Å². The number of hydrogen-bond acceptors (Lipinski definition) is 2. The van der Waals surface area contributed by atoms with E-state index in [1.165, 1.54) is 18.2 Å². The second-order valence-corrected chi connectivity index (χ2v) is 4.70. The van der Waals surface area contributed by atoms with Gasteiger partial charge < -0.3 is 4.98 Å². The molecule has 0 amide bonds. The highest BCUT2D eigenvalue weighted by atomic mass is 19.1. The van der Waals surface area contributed by atoms with E-state index in [2.05, 4.69) is 9.97 Å². The Bertz CT molecular complexity index is 840. The van der Waals surface area contributed by atoms with Crippen molar-refractivity contribution in [1.82, 2.24) is 9.97 Å². The van der Waals surface area contributed by atoms with Crippen molar-refractivity contribution >= 4 is 6.08 Å². The molecule has 0 aliphatic rings. The highest BCUT2D eigenvalue weighted by Gasteiger charge is 2.13. The van der Waals surface area contributed by atoms with Gasteiger partial charge in [0.05, 0.1) is 11.8 Å². The van der Waals surface area contributed by atoms with Crippen LogP contribution >= 0.6 is 0 Å². The highest BCUT2D eigenvalue weighted by molar-refractivity contribution is 5.88. The van der Waals surface area contributed by atoms with Gasteiger partial charge in [-0.05, 0) is 53.6 Å². The van der Waals surface area contributed by atoms with Crippen molar-refractivity contribution < 1.29 is 4.39 Å². The van der Waals surface area contributed by atoms with Gasteiger partial charge in [-0.1, -0.05) is 0 Å². The lowest BCUT2D eigenvalue weighted by Crippen LogP contribution is -1.85. The number of nitrogens with one attached hydrogen (secondary N) is 1. The highest BCUT2D eigenvalue weighted by Crippen LogP contribution is 2.35. The number of hydrogen-bond donors (Lipinski definition) is 1. The minimum atomic E-state index is -0.273. The molecule has 3 nitrogen and oxygen atoms in total. The zero-order valence-electron chi connectivity index (χ0n) is 11.6. The van der Waals surface area contributed by atoms with Gasteiger partial charge in [-0.3, -0.25) is 4.98 Å². The molecular formula is C18H12FN3. The van der Waals surface area contributed by atoms with Crippen LogP contribution in [0.5, 0.6) is 0 Å². The molecule has 2 heterocycles. The summed E-state index contributed by atoms with van der Waals surface area (Å²) in [5.74, 6) is -0.273. The van der Waals surface area contributed by atoms with Gasteiger partial charge in [0.1, 0.15) is 5.82 Å². The first kappa shape index (κ1) is 13.8. The first-order valence-electron chi connectivity index (χ1n) is 6.73. The van der Waals surface area contributed by atoms with Gasteiger partial charge in [-0.2, -0.15) is 5.26 Å². The minimum Gasteiger partial charge on any atom is -0.360 e. The Kier molecular flexibility index (Phi) is 3.80. The van der Waals surface area contributed by atoms with Crippen LogP contribution < -0.4 is 0 Å². The van der Waals surface area contributed by atoms with Gasteiger partial charge in [-0.15, -0.1) is 0 Å². The Balaban J connectivity index is 2.19. The number of halogens is 1. The topological polar surface area (TPSA) is 52.5 Å². The average Bonchev–Trinajstić information content (AvgIpc) is 2.98. The number of aromatic nitrogens is 2. The molecule has 1 N–H and O–H groups in total. The van der Waals surface area contributed by atoms with E-state index in [0.717, 1.165) is 27.9 Å². The fourth-order valence-electron chi connectivity index (χ4n) is 2.37. The smallest absolute Gasteiger partial charge is 0.123 e. The van der Waals surface area contributed by atoms with Crippen molar-refractivity contribution in [3.05, 3.63) is 72.4 Å². The van der Waals surface area contributed by atoms with Crippen LogP contribution in [0.3, 0.4) is 0 Å². The molecule has 0 bridgehead atoms. The van der Waals surface area contributed by atoms with Gasteiger partial charge >= 0.3 is 0 Å². The van der Waals surface area contributed by atoms with Crippen LogP contribution in [0.2, 0.25) is 0 Å². The largest absolute Gasteiger partial charge is 0.360 e. The van der Waals surface area contributed by atoms with Crippen molar-refractivity contribution in [2.45, 2.75) is 0 Å². The Labute approximate surface area is 127 Å². The van der Waals surface area contributed by atoms with Crippen LogP contribution in [0.15, 0.2) is 61.1 Å². The predicted octanol–water partition coefficient (Wildman–Crippen LogP) is 4.42. The number of allylic oxidation sites excluding steroid dienone is 1. The van der Waals surface area contributed by atoms with Gasteiger partial charge in [0.25, 0.3) is 0 Å². The number of nitriles is 1. The number of aromatic amines is 1. The fraction of sp³-hybridized carbons (Fsp3) is 0. The van der Waals surface area contributed by atoms with E-state index in [9.17, 15) is 4.39 Å². The summed E-state index contributed by atoms with van der Waals surface area (Å²) in [6, 6.07) is 12.1. The number of benzene rings is 1. The van der Waals surface area contributed by atoms with Gasteiger partial charge in [0.15, 0.2) is 0 Å². The number of pyridine rings is 1. The summed E-state index contributed by atoms with van der Waals surface area (Å²) in [6.07, 6.45) is 8.45. The molecule has 2 aromatic heterocycles. The third-order valence-corrected chi connectivity index (χ3v) is 3.35. The standard InChI is InChI=1S/C18H12FN3/c19-16-5-3-14(4-6-16)18-17(13-7-10-21-11-8-13)15(12-22-18)2-1-9-20/h1-8,10-12,22H/b2-1+. The Morgan fingerprint density at radius 2 is 1.77 bits per heavy atom. The molecule has 0 radical (unpaired) electrons. The van der Waals surface area contributed by atoms with E-state index in [1.807, 2.05) is 24.4 Å². The number of rotatable bonds is 3. The summed E-state index contributed by atoms with van der Waals surface area (Å²) in [6.45, 7) is 0. The number of nitrogens with zero attached hydrogens (tertiary/aromatic N) is 2. The summed E-state index contributed by atoms with van der Waals surface area (Å²) in [4.78, 5) is 7.24. The maximum atomic E-state index is 13.1. The zero-order chi connectivity index (χ0) is 15.4. The van der Waals surface area contributed by atoms with Crippen LogP contribution in [0, 0.1) is 17.1 Å². The average molecular weight is 289 g/mol. The Morgan fingerprint density at radius 3 is 2.45 bits per heavy atom. The van der Waals surface area contributed by atoms with Crippen LogP contribution in [0.1, 0.15) is 5.56 Å². The van der Waals surface area contributed by atoms with Gasteiger partial charge in [0, 0.05) is 35.8 Å². The summed E-state index contributed by atoms with van der Waals surface area (Å²) >= 11 is 0. The molecule has 0 aliphatic heterocycles. The van der Waals surface area contributed by atoms with Crippen LogP contribution in [0.4, 0.5) is 4.39 Å². The molecule has 0 saturated carbocycles. The lowest BCUT2D eigenvalue weighted by atomic mass is 9.98. The predicted molar refractivity (Wildman–Crippen MR) is 84.1 cm³/mol. The van der Waals surface area contributed by atoms with Crippen molar-refractivity contribution in [1.29, 1.82) is 5.26 Å². The normalized spacial score (nSPS) is 10.7. The lowest BCUT2D eigenvalue weighted by Gasteiger charge is -2.06. The molecule has 3 aromatic rings. The number of H-pyrrole nitrogens is 1. The summed E-state index contributed by atoms with van der Waals surface area (Å²) in [5, 5.41) is 8.74. The van der Waals surface area contributed by atoms with E-state index in [-0.39, 0.29) is 5.82 Å². The lowest BCUT2D eigenvalue weighted by molar-refractivity contribution is 0.628. The van der Waals surface area contributed by atoms with Gasteiger partial charge in [0.2, 0.25) is 0 Å². The Hall–Kier alpha value is -3.19. The Morgan fingerprint density at radius 1 is 1.05 bits per heavy atom. The van der Waals surface area contributed by atoms with Crippen molar-refractivity contribution in [2.24, 2.45) is 0 Å². The molecule has 4 heteroatoms. The molecular weight excluding hydrogens is 277 g/mol. The first-order chi connectivity index (χ1) is 10.8. The molecule has 22 heavy (non-hydrogen) atoms. The summed E-state index contributed by atoms with van der Waals surface area (Å²) < 4.78 is 13.1. The maximum Gasteiger partial charge on any atom is 0.123 e. The van der Waals surface area contributed by atoms with E-state index in [4.69, 9.17) is 5.26 Å². The van der Waals surface area contributed by atoms with E-state index < -0.39 is 0 Å². The van der Waals surface area contributed by atoms with Crippen molar-refractivity contribution in [3.8, 4) is 28.5 Å². The molecule has 0 aliphatic carbocycles. The van der Waals surface area contributed by atoms with E-state index in [0.29, 0.717) is 0 Å². The molecule has 106 valence electrons. The van der Waals surface area contributed by atoms with Crippen molar-refractivity contribution in [3.63, 3.8) is 0 Å². The van der Waals surface area contributed by atoms with Crippen molar-refractivity contribution in [2.75, 3.05) is 0 Å². The SMILES string of the molecule is N#C/C=C/c1c[nH]c(-c2ccc(F)cc2)c1-c1ccncc1. The quantitative estimate of drug-likeness (QED) is 0.726. The third-order valence-electron chi connectivity index (χ3n) is 3.35. The van der Waals surface area contributed by atoms with E-state index in [1.54, 1.807) is 30.6 Å². The second kappa shape index (κ2) is 6.06. The molecule has 0 atom stereocenters. The summed E-state index contributed by atoms with van der Waals surface area (Å²) in [7, 11) is 0. The monoisotopic (exact) mass is 289 g/mol. The third kappa shape index (κ3) is 2.65. The maximum absolute atomic E-state index is 13.1. The fourth-order valence-corrected chi connectivity index (χ4v) is 2.37. The minimum absolute atomic E-state index is 0.273. The van der Waals surface area contributed by atoms with E-state index >= 15 is 0 Å². The molecule has 0 unspecified atom stereocenters. The zero-order valence-corrected chi connectivity index (χ0v) is 11.6. The summed E-state index contributed by atoms with van der Waals surface area (Å²) in [5.41, 5.74) is 4.59. The van der Waals surface area contributed by atoms with Crippen LogP contribution in [-0.2, 0) is 0 Å². The molecule has 0 spiro atoms. The second-order valence-electron chi connectivity index (χ2n) is 4.70. The molecule has 0 saturated heterocycles. The molecule has 1 aromatic carbocycles. The first-order valence-corrected chi connectivity index (χ1v) is 6.73. The van der Waals surface area contributed by atoms with Crippen LogP contribution in [0.25, 0.3) is 28.5 Å². The molecule has 3 rings (SSSR count). The van der Waals surface area contributed by atoms with Crippen LogP contribution in [-0.4, -0.2) is 9.97 Å². The molecule has 0 fully saturated rings.